The van der Waals surface area contributed by atoms with E-state index in [-0.39, 0.29) is 5.82 Å². The molecule has 0 atom stereocenters. The summed E-state index contributed by atoms with van der Waals surface area (Å²) < 4.78 is 33.4. The number of nitrogens with two attached hydrogens (primary N) is 1. The van der Waals surface area contributed by atoms with Gasteiger partial charge in [-0.1, -0.05) is 12.1 Å². The molecule has 0 bridgehead atoms. The number of hydrogen-bond donors (Lipinski definition) is 1. The first-order valence-corrected chi connectivity index (χ1v) is 5.05. The summed E-state index contributed by atoms with van der Waals surface area (Å²) in [6.45, 7) is 0. The maximum atomic E-state index is 12.4. The number of halogens is 1. The molecule has 0 unspecified atom stereocenters. The fraction of sp³-hybridized carbons (Fsp3) is 0. The van der Waals surface area contributed by atoms with Crippen LogP contribution in [0.3, 0.4) is 0 Å². The van der Waals surface area contributed by atoms with Crippen molar-refractivity contribution in [3.8, 4) is 0 Å². The van der Waals surface area contributed by atoms with Crippen molar-refractivity contribution in [3.05, 3.63) is 41.1 Å². The average Bonchev–Trinajstić information content (AvgIpc) is 2.02. The van der Waals surface area contributed by atoms with Crippen molar-refractivity contribution in [2.75, 3.05) is 0 Å². The molecule has 0 aliphatic carbocycles. The molecule has 0 saturated heterocycles. The van der Waals surface area contributed by atoms with Crippen LogP contribution in [0.25, 0.3) is 6.08 Å². The van der Waals surface area contributed by atoms with Crippen molar-refractivity contribution < 1.29 is 12.8 Å². The molecule has 13 heavy (non-hydrogen) atoms. The number of hydrogen-bond acceptors (Lipinski definition) is 2. The average molecular weight is 201 g/mol. The second kappa shape index (κ2) is 3.68. The molecule has 0 aromatic heterocycles. The van der Waals surface area contributed by atoms with Crippen LogP contribution in [0.15, 0.2) is 29.7 Å². The van der Waals surface area contributed by atoms with Gasteiger partial charge in [-0.3, -0.25) is 0 Å². The molecule has 5 heteroatoms. The first-order chi connectivity index (χ1) is 5.97. The smallest absolute Gasteiger partial charge is 0.225 e. The van der Waals surface area contributed by atoms with Crippen LogP contribution in [-0.2, 0) is 10.0 Å². The van der Waals surface area contributed by atoms with Crippen LogP contribution < -0.4 is 5.14 Å². The minimum Gasteiger partial charge on any atom is -0.225 e. The van der Waals surface area contributed by atoms with Crippen molar-refractivity contribution in [1.82, 2.24) is 0 Å². The zero-order valence-corrected chi connectivity index (χ0v) is 7.46. The lowest BCUT2D eigenvalue weighted by atomic mass is 10.2. The molecule has 0 saturated carbocycles. The summed E-state index contributed by atoms with van der Waals surface area (Å²) in [5.74, 6) is -0.368. The molecule has 0 amide bonds. The second-order valence-electron chi connectivity index (χ2n) is 2.44. The third kappa shape index (κ3) is 3.82. The van der Waals surface area contributed by atoms with E-state index in [4.69, 9.17) is 5.14 Å². The van der Waals surface area contributed by atoms with Gasteiger partial charge in [0.25, 0.3) is 0 Å². The van der Waals surface area contributed by atoms with Gasteiger partial charge < -0.3 is 0 Å². The van der Waals surface area contributed by atoms with Crippen LogP contribution in [0.4, 0.5) is 4.39 Å². The van der Waals surface area contributed by atoms with E-state index >= 15 is 0 Å². The van der Waals surface area contributed by atoms with Crippen LogP contribution in [0.1, 0.15) is 5.56 Å². The van der Waals surface area contributed by atoms with Gasteiger partial charge in [-0.2, -0.15) is 0 Å². The highest BCUT2D eigenvalue weighted by atomic mass is 32.2. The Kier molecular flexibility index (Phi) is 2.79. The highest BCUT2D eigenvalue weighted by Gasteiger charge is 1.94. The molecule has 0 heterocycles. The number of primary sulfonamides is 1. The van der Waals surface area contributed by atoms with E-state index in [9.17, 15) is 12.8 Å². The molecule has 3 nitrogen and oxygen atoms in total. The first kappa shape index (κ1) is 9.88. The summed E-state index contributed by atoms with van der Waals surface area (Å²) in [7, 11) is -3.61. The number of rotatable bonds is 2. The van der Waals surface area contributed by atoms with Crippen LogP contribution in [0.2, 0.25) is 0 Å². The molecule has 70 valence electrons. The van der Waals surface area contributed by atoms with E-state index in [1.165, 1.54) is 30.3 Å². The van der Waals surface area contributed by atoms with Gasteiger partial charge in [0.05, 0.1) is 0 Å². The summed E-state index contributed by atoms with van der Waals surface area (Å²) in [5, 5.41) is 5.59. The Labute approximate surface area is 75.7 Å². The predicted octanol–water partition coefficient (Wildman–Crippen LogP) is 1.08. The molecule has 1 rings (SSSR count). The van der Waals surface area contributed by atoms with Crippen LogP contribution in [0, 0.1) is 5.82 Å². The zero-order chi connectivity index (χ0) is 9.90. The van der Waals surface area contributed by atoms with Crippen LogP contribution in [0.5, 0.6) is 0 Å². The van der Waals surface area contributed by atoms with Crippen molar-refractivity contribution >= 4 is 16.1 Å². The lowest BCUT2D eigenvalue weighted by Crippen LogP contribution is -2.06. The van der Waals surface area contributed by atoms with E-state index in [2.05, 4.69) is 0 Å². The summed E-state index contributed by atoms with van der Waals surface area (Å²) in [6.07, 6.45) is 1.30. The normalized spacial score (nSPS) is 12.2. The number of benzene rings is 1. The minimum atomic E-state index is -3.61. The Morgan fingerprint density at radius 2 is 1.77 bits per heavy atom. The lowest BCUT2D eigenvalue weighted by molar-refractivity contribution is 0.606. The van der Waals surface area contributed by atoms with Crippen molar-refractivity contribution in [2.45, 2.75) is 0 Å². The van der Waals surface area contributed by atoms with Gasteiger partial charge in [0, 0.05) is 5.41 Å². The summed E-state index contributed by atoms with van der Waals surface area (Å²) in [6, 6.07) is 5.39. The summed E-state index contributed by atoms with van der Waals surface area (Å²) in [5.41, 5.74) is 0.579. The van der Waals surface area contributed by atoms with Crippen molar-refractivity contribution in [3.63, 3.8) is 0 Å². The predicted molar refractivity (Wildman–Crippen MR) is 48.5 cm³/mol. The van der Waals surface area contributed by atoms with E-state index in [1.807, 2.05) is 0 Å². The summed E-state index contributed by atoms with van der Waals surface area (Å²) >= 11 is 0. The Morgan fingerprint density at radius 3 is 2.23 bits per heavy atom. The summed E-state index contributed by atoms with van der Waals surface area (Å²) in [4.78, 5) is 0. The molecule has 1 aromatic carbocycles. The molecule has 0 fully saturated rings. The molecule has 0 spiro atoms. The fourth-order valence-electron chi connectivity index (χ4n) is 0.747. The van der Waals surface area contributed by atoms with Gasteiger partial charge in [-0.05, 0) is 23.8 Å². The Morgan fingerprint density at radius 1 is 1.23 bits per heavy atom. The minimum absolute atomic E-state index is 0.368. The zero-order valence-electron chi connectivity index (χ0n) is 6.64. The molecule has 0 aliphatic rings. The van der Waals surface area contributed by atoms with Gasteiger partial charge in [-0.15, -0.1) is 0 Å². The molecular weight excluding hydrogens is 193 g/mol. The topological polar surface area (TPSA) is 60.2 Å². The van der Waals surface area contributed by atoms with Gasteiger partial charge >= 0.3 is 0 Å². The van der Waals surface area contributed by atoms with Crippen molar-refractivity contribution in [2.24, 2.45) is 5.14 Å². The van der Waals surface area contributed by atoms with Crippen LogP contribution >= 0.6 is 0 Å². The maximum Gasteiger partial charge on any atom is 0.231 e. The second-order valence-corrected chi connectivity index (χ2v) is 3.89. The molecule has 1 aromatic rings. The van der Waals surface area contributed by atoms with E-state index in [0.717, 1.165) is 5.41 Å². The van der Waals surface area contributed by atoms with E-state index < -0.39 is 10.0 Å². The number of sulfonamides is 1. The Hall–Kier alpha value is -1.20. The van der Waals surface area contributed by atoms with Gasteiger partial charge in [0.2, 0.25) is 10.0 Å². The Bertz CT molecular complexity index is 408. The van der Waals surface area contributed by atoms with Gasteiger partial charge in [-0.25, -0.2) is 17.9 Å². The highest BCUT2D eigenvalue weighted by Crippen LogP contribution is 2.04. The van der Waals surface area contributed by atoms with E-state index in [0.29, 0.717) is 5.56 Å². The van der Waals surface area contributed by atoms with Gasteiger partial charge in [0.1, 0.15) is 5.82 Å². The quantitative estimate of drug-likeness (QED) is 0.778. The Balaban J connectivity index is 2.88. The molecule has 2 N–H and O–H groups in total. The van der Waals surface area contributed by atoms with Crippen molar-refractivity contribution in [1.29, 1.82) is 0 Å². The first-order valence-electron chi connectivity index (χ1n) is 3.44. The van der Waals surface area contributed by atoms with E-state index in [1.54, 1.807) is 0 Å². The fourth-order valence-corrected chi connectivity index (χ4v) is 1.09. The standard InChI is InChI=1S/C8H8FNO2S/c9-8-3-1-7(2-4-8)5-6-13(10,11)12/h1-6H,(H2,10,11,12). The lowest BCUT2D eigenvalue weighted by Gasteiger charge is -1.91. The third-order valence-electron chi connectivity index (χ3n) is 1.32. The largest absolute Gasteiger partial charge is 0.231 e. The monoisotopic (exact) mass is 201 g/mol. The molecule has 0 aliphatic heterocycles. The van der Waals surface area contributed by atoms with Gasteiger partial charge in [0.15, 0.2) is 0 Å². The van der Waals surface area contributed by atoms with Crippen LogP contribution in [-0.4, -0.2) is 8.42 Å². The molecule has 0 radical (unpaired) electrons. The third-order valence-corrected chi connectivity index (χ3v) is 1.84. The molecular formula is C8H8FNO2S. The SMILES string of the molecule is NS(=O)(=O)C=Cc1ccc(F)cc1. The highest BCUT2D eigenvalue weighted by molar-refractivity contribution is 7.92. The maximum absolute atomic E-state index is 12.4.